The van der Waals surface area contributed by atoms with E-state index in [-0.39, 0.29) is 11.2 Å². The summed E-state index contributed by atoms with van der Waals surface area (Å²) in [6, 6.07) is 6.67. The second-order valence-electron chi connectivity index (χ2n) is 8.64. The van der Waals surface area contributed by atoms with Crippen LogP contribution < -0.4 is 4.74 Å². The minimum Gasteiger partial charge on any atom is -0.497 e. The minimum absolute atomic E-state index is 0.000939. The monoisotopic (exact) mass is 338 g/mol. The molecule has 3 aliphatic carbocycles. The topological polar surface area (TPSA) is 27.7 Å². The van der Waals surface area contributed by atoms with Crippen LogP contribution in [0, 0.1) is 17.3 Å². The summed E-state index contributed by atoms with van der Waals surface area (Å²) in [5.74, 6) is 2.38. The van der Waals surface area contributed by atoms with Crippen molar-refractivity contribution in [2.75, 3.05) is 20.3 Å². The molecule has 1 aromatic carbocycles. The molecule has 0 amide bonds. The number of hydrogen-bond acceptors (Lipinski definition) is 3. The molecule has 3 nitrogen and oxygen atoms in total. The molecule has 5 rings (SSSR count). The molecule has 0 aromatic heterocycles. The van der Waals surface area contributed by atoms with Crippen LogP contribution in [-0.2, 0) is 15.9 Å². The van der Waals surface area contributed by atoms with E-state index in [2.05, 4.69) is 25.1 Å². The van der Waals surface area contributed by atoms with Crippen molar-refractivity contribution in [3.63, 3.8) is 0 Å². The second kappa shape index (κ2) is 5.50. The van der Waals surface area contributed by atoms with Gasteiger partial charge in [0.05, 0.1) is 28.2 Å². The van der Waals surface area contributed by atoms with E-state index in [1.54, 1.807) is 12.7 Å². The van der Waals surface area contributed by atoms with Crippen molar-refractivity contribution in [3.05, 3.63) is 29.3 Å². The Hall–Kier alpha value is -0.995. The molecule has 132 valence electrons. The highest BCUT2D eigenvalue weighted by molar-refractivity contribution is 6.12. The van der Waals surface area contributed by atoms with Gasteiger partial charge in [0.15, 0.2) is 5.79 Å². The van der Waals surface area contributed by atoms with Crippen molar-refractivity contribution in [2.24, 2.45) is 17.3 Å². The molecule has 0 bridgehead atoms. The summed E-state index contributed by atoms with van der Waals surface area (Å²) in [5.41, 5.74) is 3.07. The molecule has 4 aliphatic rings. The van der Waals surface area contributed by atoms with Gasteiger partial charge in [-0.3, -0.25) is 0 Å². The lowest BCUT2D eigenvalue weighted by molar-refractivity contribution is -0.236. The van der Waals surface area contributed by atoms with Gasteiger partial charge in [-0.15, -0.1) is 0 Å². The van der Waals surface area contributed by atoms with E-state index in [4.69, 9.17) is 22.1 Å². The highest BCUT2D eigenvalue weighted by atomic mass is 16.7. The first-order valence-electron chi connectivity index (χ1n) is 9.79. The fourth-order valence-electron chi connectivity index (χ4n) is 6.70. The molecule has 0 N–H and O–H groups in total. The van der Waals surface area contributed by atoms with Gasteiger partial charge in [0.1, 0.15) is 5.75 Å². The van der Waals surface area contributed by atoms with Crippen molar-refractivity contribution >= 4 is 7.85 Å². The lowest BCUT2D eigenvalue weighted by Gasteiger charge is -2.53. The van der Waals surface area contributed by atoms with Crippen LogP contribution >= 0.6 is 0 Å². The summed E-state index contributed by atoms with van der Waals surface area (Å²) >= 11 is 0. The van der Waals surface area contributed by atoms with Crippen molar-refractivity contribution in [1.29, 1.82) is 0 Å². The number of fused-ring (bicyclic) bond motifs is 6. The molecular formula is C21H27BO3. The van der Waals surface area contributed by atoms with Gasteiger partial charge in [0, 0.05) is 5.41 Å². The summed E-state index contributed by atoms with van der Waals surface area (Å²) in [6.07, 6.45) is 5.76. The molecule has 4 unspecified atom stereocenters. The van der Waals surface area contributed by atoms with Crippen LogP contribution in [0.4, 0.5) is 0 Å². The third-order valence-corrected chi connectivity index (χ3v) is 7.83. The van der Waals surface area contributed by atoms with E-state index < -0.39 is 5.79 Å². The second-order valence-corrected chi connectivity index (χ2v) is 8.64. The highest BCUT2D eigenvalue weighted by Gasteiger charge is 2.67. The number of benzene rings is 1. The SMILES string of the molecule is [B]C1CC2C3CCc4cc(OC)ccc4C3CC[C@]2(C)C12OCCO2. The zero-order valence-electron chi connectivity index (χ0n) is 15.3. The molecule has 1 aromatic rings. The number of rotatable bonds is 1. The first-order valence-corrected chi connectivity index (χ1v) is 9.79. The number of aryl methyl sites for hydroxylation is 1. The maximum absolute atomic E-state index is 6.61. The van der Waals surface area contributed by atoms with Crippen molar-refractivity contribution in [3.8, 4) is 5.75 Å². The number of methoxy groups -OCH3 is 1. The summed E-state index contributed by atoms with van der Waals surface area (Å²) < 4.78 is 17.8. The Labute approximate surface area is 151 Å². The molecular weight excluding hydrogens is 311 g/mol. The molecule has 3 fully saturated rings. The van der Waals surface area contributed by atoms with Gasteiger partial charge in [0.2, 0.25) is 0 Å². The Balaban J connectivity index is 1.51. The van der Waals surface area contributed by atoms with E-state index in [1.807, 2.05) is 0 Å². The number of hydrogen-bond donors (Lipinski definition) is 0. The zero-order chi connectivity index (χ0) is 17.2. The predicted molar refractivity (Wildman–Crippen MR) is 97.1 cm³/mol. The first kappa shape index (κ1) is 16.2. The van der Waals surface area contributed by atoms with Crippen molar-refractivity contribution in [2.45, 2.75) is 56.6 Å². The lowest BCUT2D eigenvalue weighted by Crippen LogP contribution is -2.52. The van der Waals surface area contributed by atoms with Crippen LogP contribution in [0.1, 0.15) is 49.7 Å². The van der Waals surface area contributed by atoms with Gasteiger partial charge in [-0.05, 0) is 78.9 Å². The van der Waals surface area contributed by atoms with Crippen LogP contribution in [0.3, 0.4) is 0 Å². The number of ether oxygens (including phenoxy) is 3. The summed E-state index contributed by atoms with van der Waals surface area (Å²) in [7, 11) is 8.36. The molecule has 2 saturated carbocycles. The standard InChI is InChI=1S/C21H27BO3/c1-20-8-7-16-15-6-4-14(23-2)11-13(15)3-5-17(16)18(20)12-19(22)21(20)24-9-10-25-21/h4,6,11,16-19H,3,5,7-10,12H2,1-2H3/t16?,17?,18?,19?,20-/m0/s1. The van der Waals surface area contributed by atoms with Gasteiger partial charge >= 0.3 is 0 Å². The molecule has 1 spiro atoms. The van der Waals surface area contributed by atoms with Crippen molar-refractivity contribution < 1.29 is 14.2 Å². The zero-order valence-corrected chi connectivity index (χ0v) is 15.3. The fourth-order valence-corrected chi connectivity index (χ4v) is 6.70. The molecule has 4 heteroatoms. The maximum Gasteiger partial charge on any atom is 0.169 e. The molecule has 25 heavy (non-hydrogen) atoms. The molecule has 5 atom stereocenters. The Kier molecular flexibility index (Phi) is 3.56. The average Bonchev–Trinajstić information content (AvgIpc) is 3.21. The minimum atomic E-state index is -0.539. The fraction of sp³-hybridized carbons (Fsp3) is 0.714. The van der Waals surface area contributed by atoms with Gasteiger partial charge in [0.25, 0.3) is 0 Å². The first-order chi connectivity index (χ1) is 12.1. The van der Waals surface area contributed by atoms with E-state index in [1.165, 1.54) is 18.4 Å². The Morgan fingerprint density at radius 2 is 2.00 bits per heavy atom. The summed E-state index contributed by atoms with van der Waals surface area (Å²) in [4.78, 5) is 0. The van der Waals surface area contributed by atoms with Crippen molar-refractivity contribution in [1.82, 2.24) is 0 Å². The molecule has 1 saturated heterocycles. The van der Waals surface area contributed by atoms with Crippen LogP contribution in [0.2, 0.25) is 5.82 Å². The normalized spacial score (nSPS) is 41.2. The molecule has 2 radical (unpaired) electrons. The van der Waals surface area contributed by atoms with E-state index >= 15 is 0 Å². The van der Waals surface area contributed by atoms with E-state index in [0.717, 1.165) is 25.0 Å². The third kappa shape index (κ3) is 2.01. The van der Waals surface area contributed by atoms with E-state index in [9.17, 15) is 0 Å². The van der Waals surface area contributed by atoms with Crippen LogP contribution in [0.25, 0.3) is 0 Å². The Morgan fingerprint density at radius 3 is 2.76 bits per heavy atom. The lowest BCUT2D eigenvalue weighted by atomic mass is 9.54. The van der Waals surface area contributed by atoms with Gasteiger partial charge < -0.3 is 14.2 Å². The highest BCUT2D eigenvalue weighted by Crippen LogP contribution is 2.69. The Bertz CT molecular complexity index is 684. The van der Waals surface area contributed by atoms with Gasteiger partial charge in [-0.2, -0.15) is 0 Å². The summed E-state index contributed by atoms with van der Waals surface area (Å²) in [5, 5.41) is 0. The van der Waals surface area contributed by atoms with Gasteiger partial charge in [-0.25, -0.2) is 0 Å². The van der Waals surface area contributed by atoms with Crippen LogP contribution in [-0.4, -0.2) is 34.0 Å². The van der Waals surface area contributed by atoms with Gasteiger partial charge in [-0.1, -0.05) is 13.0 Å². The van der Waals surface area contributed by atoms with Crippen LogP contribution in [0.15, 0.2) is 18.2 Å². The van der Waals surface area contributed by atoms with Crippen LogP contribution in [0.5, 0.6) is 5.75 Å². The summed E-state index contributed by atoms with van der Waals surface area (Å²) in [6.45, 7) is 3.76. The average molecular weight is 338 g/mol. The third-order valence-electron chi connectivity index (χ3n) is 7.83. The molecule has 1 heterocycles. The largest absolute Gasteiger partial charge is 0.497 e. The quantitative estimate of drug-likeness (QED) is 0.728. The predicted octanol–water partition coefficient (Wildman–Crippen LogP) is 3.86. The smallest absolute Gasteiger partial charge is 0.169 e. The van der Waals surface area contributed by atoms with E-state index in [0.29, 0.717) is 31.0 Å². The maximum atomic E-state index is 6.61. The molecule has 1 aliphatic heterocycles. The Morgan fingerprint density at radius 1 is 1.20 bits per heavy atom.